The summed E-state index contributed by atoms with van der Waals surface area (Å²) in [6.45, 7) is 11.0. The number of hydrogen-bond acceptors (Lipinski definition) is 12. The second kappa shape index (κ2) is 16.9. The molecule has 4 atom stereocenters. The fourth-order valence-electron chi connectivity index (χ4n) is 10.7. The first-order valence-corrected chi connectivity index (χ1v) is 23.8. The van der Waals surface area contributed by atoms with Crippen molar-refractivity contribution in [2.24, 2.45) is 16.7 Å². The molecular formula is C50H56N10O5S. The number of rotatable bonds is 10. The molecule has 6 heterocycles. The Labute approximate surface area is 387 Å². The van der Waals surface area contributed by atoms with Gasteiger partial charge in [0.05, 0.1) is 40.5 Å². The number of β-amino-alcohol motifs (C(OH)–C–C–N with tert-alkyl or cyclic N) is 1. The Morgan fingerprint density at radius 2 is 1.70 bits per heavy atom. The average Bonchev–Trinajstić information content (AvgIpc) is 4.00. The zero-order valence-corrected chi connectivity index (χ0v) is 38.7. The van der Waals surface area contributed by atoms with E-state index in [1.807, 2.05) is 95.0 Å². The van der Waals surface area contributed by atoms with E-state index in [0.717, 1.165) is 82.6 Å². The highest BCUT2D eigenvalue weighted by Gasteiger charge is 2.56. The van der Waals surface area contributed by atoms with Crippen LogP contribution < -0.4 is 15.5 Å². The first-order valence-electron chi connectivity index (χ1n) is 22.9. The van der Waals surface area contributed by atoms with E-state index >= 15 is 0 Å². The fourth-order valence-corrected chi connectivity index (χ4v) is 11.5. The van der Waals surface area contributed by atoms with Gasteiger partial charge in [0, 0.05) is 54.5 Å². The predicted molar refractivity (Wildman–Crippen MR) is 251 cm³/mol. The molecule has 5 N–H and O–H groups in total. The normalized spacial score (nSPS) is 23.5. The highest BCUT2D eigenvalue weighted by Crippen LogP contribution is 2.64. The van der Waals surface area contributed by atoms with E-state index in [4.69, 9.17) is 9.97 Å². The molecule has 342 valence electrons. The minimum Gasteiger partial charge on any atom is -0.507 e. The predicted octanol–water partition coefficient (Wildman–Crippen LogP) is 6.76. The van der Waals surface area contributed by atoms with Crippen molar-refractivity contribution in [3.05, 3.63) is 101 Å². The third-order valence-electron chi connectivity index (χ3n) is 14.5. The van der Waals surface area contributed by atoms with Crippen molar-refractivity contribution in [2.75, 3.05) is 18.0 Å². The average molecular weight is 909 g/mol. The number of phenols is 1. The number of likely N-dealkylation sites (tertiary alicyclic amines) is 1. The summed E-state index contributed by atoms with van der Waals surface area (Å²) in [4.78, 5) is 64.0. The molecule has 1 saturated heterocycles. The van der Waals surface area contributed by atoms with E-state index in [0.29, 0.717) is 29.7 Å². The van der Waals surface area contributed by atoms with E-state index in [2.05, 4.69) is 35.7 Å². The van der Waals surface area contributed by atoms with E-state index in [1.165, 1.54) is 10.5 Å². The zero-order valence-electron chi connectivity index (χ0n) is 37.9. The molecule has 2 aromatic carbocycles. The third kappa shape index (κ3) is 8.18. The van der Waals surface area contributed by atoms with Crippen molar-refractivity contribution >= 4 is 46.0 Å². The van der Waals surface area contributed by atoms with Gasteiger partial charge in [0.1, 0.15) is 17.8 Å². The highest BCUT2D eigenvalue weighted by atomic mass is 32.1. The van der Waals surface area contributed by atoms with Crippen LogP contribution in [0.25, 0.3) is 32.7 Å². The van der Waals surface area contributed by atoms with Gasteiger partial charge in [-0.3, -0.25) is 14.4 Å². The van der Waals surface area contributed by atoms with Crippen molar-refractivity contribution in [3.8, 4) is 27.4 Å². The molecule has 4 aromatic heterocycles. The number of carbonyl (C=O) groups excluding carboxylic acids is 3. The standard InChI is InChI=1S/C50H56N10O5S/c1-27(29-10-12-30(13-11-29)42-28(2)53-26-66-42)54-46(64)40-16-34(61)24-60(40)47(65)43(49(3,4)5)56-45(63)32-20-50(21-32)18-31(19-50)33-22-51-48(52-23-33)59-15-14-35-37-17-38(36-8-6-7-9-41(36)62)57-58-44(37)55-39(35)25-59/h6-13,17,22-23,26-27,31-32,34,40,43,61-62H,14-16,18-21,24-25H2,1-5H3,(H,54,64)(H,55,58)(H,56,63)/t27-,31?,32?,34+,40-,43+,50?/m0/s1. The van der Waals surface area contributed by atoms with Crippen LogP contribution in [0.3, 0.4) is 0 Å². The van der Waals surface area contributed by atoms with Crippen molar-refractivity contribution in [2.45, 2.75) is 110 Å². The van der Waals surface area contributed by atoms with Gasteiger partial charge < -0.3 is 35.6 Å². The van der Waals surface area contributed by atoms with Crippen LogP contribution in [0.1, 0.15) is 99.8 Å². The number of aliphatic hydroxyl groups is 1. The van der Waals surface area contributed by atoms with Gasteiger partial charge in [0.2, 0.25) is 23.7 Å². The van der Waals surface area contributed by atoms with Gasteiger partial charge in [-0.25, -0.2) is 15.0 Å². The Bertz CT molecular complexity index is 2800. The monoisotopic (exact) mass is 908 g/mol. The third-order valence-corrected chi connectivity index (χ3v) is 15.4. The number of amides is 3. The summed E-state index contributed by atoms with van der Waals surface area (Å²) in [6.07, 6.45) is 7.40. The SMILES string of the molecule is Cc1ncsc1-c1ccc([C@H](C)NC(=O)[C@@H]2C[C@@H](O)CN2C(=O)[C@@H](NC(=O)C2CC3(C2)CC(c2cnc(N4CCc5c([nH]c6nnc(-c7ccccc7O)cc56)C4)nc2)C3)C(C)(C)C)cc1. The minimum absolute atomic E-state index is 0.0253. The minimum atomic E-state index is -0.869. The van der Waals surface area contributed by atoms with Crippen molar-refractivity contribution in [1.29, 1.82) is 0 Å². The number of nitrogens with zero attached hydrogens (tertiary/aromatic N) is 7. The molecule has 2 saturated carbocycles. The molecule has 1 spiro atoms. The molecular weight excluding hydrogens is 853 g/mol. The number of nitrogens with one attached hydrogen (secondary N) is 3. The summed E-state index contributed by atoms with van der Waals surface area (Å²) in [5.41, 5.74) is 9.60. The number of phenolic OH excluding ortho intramolecular Hbond substituents is 1. The molecule has 15 nitrogen and oxygen atoms in total. The number of anilines is 1. The molecule has 3 fully saturated rings. The van der Waals surface area contributed by atoms with E-state index in [-0.39, 0.29) is 53.8 Å². The lowest BCUT2D eigenvalue weighted by atomic mass is 9.47. The lowest BCUT2D eigenvalue weighted by Crippen LogP contribution is -2.60. The fraction of sp³-hybridized carbons (Fsp3) is 0.440. The smallest absolute Gasteiger partial charge is 0.246 e. The molecule has 4 aliphatic rings. The Balaban J connectivity index is 0.720. The molecule has 66 heavy (non-hydrogen) atoms. The van der Waals surface area contributed by atoms with Crippen LogP contribution in [0.4, 0.5) is 5.95 Å². The Morgan fingerprint density at radius 1 is 0.955 bits per heavy atom. The Kier molecular flexibility index (Phi) is 11.2. The highest BCUT2D eigenvalue weighted by molar-refractivity contribution is 7.13. The van der Waals surface area contributed by atoms with E-state index in [9.17, 15) is 24.6 Å². The number of benzene rings is 2. The molecule has 0 bridgehead atoms. The van der Waals surface area contributed by atoms with Crippen LogP contribution >= 0.6 is 11.3 Å². The van der Waals surface area contributed by atoms with Crippen LogP contribution in [0, 0.1) is 23.7 Å². The molecule has 0 radical (unpaired) electrons. The number of carbonyl (C=O) groups is 3. The quantitative estimate of drug-likeness (QED) is 0.0973. The number of H-pyrrole nitrogens is 1. The lowest BCUT2D eigenvalue weighted by Gasteiger charge is -2.57. The summed E-state index contributed by atoms with van der Waals surface area (Å²) in [6, 6.07) is 15.1. The van der Waals surface area contributed by atoms with Crippen molar-refractivity contribution in [3.63, 3.8) is 0 Å². The Morgan fingerprint density at radius 3 is 2.39 bits per heavy atom. The maximum absolute atomic E-state index is 14.3. The van der Waals surface area contributed by atoms with Gasteiger partial charge in [0.15, 0.2) is 5.65 Å². The molecule has 0 unspecified atom stereocenters. The first-order chi connectivity index (χ1) is 31.6. The molecule has 2 aliphatic carbocycles. The van der Waals surface area contributed by atoms with Gasteiger partial charge in [-0.05, 0) is 103 Å². The largest absolute Gasteiger partial charge is 0.507 e. The molecule has 6 aromatic rings. The maximum atomic E-state index is 14.3. The van der Waals surface area contributed by atoms with Crippen LogP contribution in [0.5, 0.6) is 5.75 Å². The van der Waals surface area contributed by atoms with Gasteiger partial charge in [-0.1, -0.05) is 57.2 Å². The molecule has 3 amide bonds. The second-order valence-electron chi connectivity index (χ2n) is 20.1. The number of aromatic nitrogens is 6. The zero-order chi connectivity index (χ0) is 46.1. The van der Waals surface area contributed by atoms with Gasteiger partial charge in [-0.2, -0.15) is 0 Å². The summed E-state index contributed by atoms with van der Waals surface area (Å²) in [5.74, 6) is 0.146. The second-order valence-corrected chi connectivity index (χ2v) is 21.0. The Hall–Kier alpha value is -6.26. The summed E-state index contributed by atoms with van der Waals surface area (Å²) >= 11 is 1.59. The van der Waals surface area contributed by atoms with Crippen LogP contribution in [-0.2, 0) is 27.3 Å². The number of aromatic hydroxyl groups is 1. The van der Waals surface area contributed by atoms with Gasteiger partial charge in [-0.15, -0.1) is 21.5 Å². The number of aromatic amines is 1. The molecule has 16 heteroatoms. The number of thiazole rings is 1. The maximum Gasteiger partial charge on any atom is 0.246 e. The molecule has 10 rings (SSSR count). The topological polar surface area (TPSA) is 202 Å². The van der Waals surface area contributed by atoms with Gasteiger partial charge in [0.25, 0.3) is 0 Å². The van der Waals surface area contributed by atoms with Crippen LogP contribution in [0.2, 0.25) is 0 Å². The van der Waals surface area contributed by atoms with Crippen LogP contribution in [-0.4, -0.2) is 94.2 Å². The summed E-state index contributed by atoms with van der Waals surface area (Å²) < 4.78 is 0. The molecule has 2 aliphatic heterocycles. The number of aryl methyl sites for hydroxylation is 1. The van der Waals surface area contributed by atoms with Crippen molar-refractivity contribution < 1.29 is 24.6 Å². The van der Waals surface area contributed by atoms with Crippen molar-refractivity contribution in [1.82, 2.24) is 45.7 Å². The number of para-hydroxylation sites is 1. The number of hydrogen-bond donors (Lipinski definition) is 5. The van der Waals surface area contributed by atoms with Gasteiger partial charge >= 0.3 is 0 Å². The van der Waals surface area contributed by atoms with E-state index < -0.39 is 23.6 Å². The number of fused-ring (bicyclic) bond motifs is 3. The summed E-state index contributed by atoms with van der Waals surface area (Å²) in [7, 11) is 0. The summed E-state index contributed by atoms with van der Waals surface area (Å²) in [5, 5.41) is 37.1. The lowest BCUT2D eigenvalue weighted by molar-refractivity contribution is -0.148. The van der Waals surface area contributed by atoms with E-state index in [1.54, 1.807) is 23.5 Å². The van der Waals surface area contributed by atoms with Crippen LogP contribution in [0.15, 0.2) is 72.5 Å². The number of aliphatic hydroxyl groups excluding tert-OH is 1. The first kappa shape index (κ1) is 43.6.